The third-order valence-corrected chi connectivity index (χ3v) is 4.69. The summed E-state index contributed by atoms with van der Waals surface area (Å²) in [5.74, 6) is 0.369. The molecule has 1 amide bonds. The number of nitrogen functional groups attached to an aromatic ring is 1. The van der Waals surface area contributed by atoms with Crippen LogP contribution in [0.2, 0.25) is 0 Å². The summed E-state index contributed by atoms with van der Waals surface area (Å²) in [6, 6.07) is 0.918. The fourth-order valence-electron chi connectivity index (χ4n) is 2.06. The molecule has 0 aliphatic heterocycles. The van der Waals surface area contributed by atoms with Gasteiger partial charge in [0.15, 0.2) is 5.13 Å². The first-order valence-electron chi connectivity index (χ1n) is 6.45. The van der Waals surface area contributed by atoms with Gasteiger partial charge in [0.05, 0.1) is 0 Å². The first kappa shape index (κ1) is 11.8. The standard InChI is InChI=1S/C12H18N4OS/c1-16(8-5-6-8)11(17)9-10(13)15-12(18-9)14-7-3-2-4-7/h7-8H,2-6,13H2,1H3,(H,14,15). The Morgan fingerprint density at radius 2 is 2.17 bits per heavy atom. The van der Waals surface area contributed by atoms with E-state index in [-0.39, 0.29) is 5.91 Å². The number of carbonyl (C=O) groups is 1. The second-order valence-corrected chi connectivity index (χ2v) is 6.15. The average Bonchev–Trinajstić information content (AvgIpc) is 3.07. The minimum atomic E-state index is 0.00848. The summed E-state index contributed by atoms with van der Waals surface area (Å²) < 4.78 is 0. The van der Waals surface area contributed by atoms with E-state index in [9.17, 15) is 4.79 Å². The third kappa shape index (κ3) is 2.16. The smallest absolute Gasteiger partial charge is 0.267 e. The van der Waals surface area contributed by atoms with Gasteiger partial charge in [-0.3, -0.25) is 4.79 Å². The predicted octanol–water partition coefficient (Wildman–Crippen LogP) is 1.92. The molecule has 0 unspecified atom stereocenters. The number of aromatic nitrogens is 1. The van der Waals surface area contributed by atoms with Crippen LogP contribution < -0.4 is 11.1 Å². The number of anilines is 2. The molecular formula is C12H18N4OS. The van der Waals surface area contributed by atoms with Crippen molar-refractivity contribution in [2.75, 3.05) is 18.1 Å². The van der Waals surface area contributed by atoms with Crippen LogP contribution in [0.15, 0.2) is 0 Å². The lowest BCUT2D eigenvalue weighted by Crippen LogP contribution is -2.28. The van der Waals surface area contributed by atoms with Crippen LogP contribution in [0.25, 0.3) is 0 Å². The van der Waals surface area contributed by atoms with E-state index < -0.39 is 0 Å². The Bertz CT molecular complexity index is 465. The van der Waals surface area contributed by atoms with Gasteiger partial charge in [-0.05, 0) is 32.1 Å². The van der Waals surface area contributed by atoms with E-state index in [1.807, 2.05) is 7.05 Å². The van der Waals surface area contributed by atoms with E-state index in [0.29, 0.717) is 22.8 Å². The molecule has 1 heterocycles. The summed E-state index contributed by atoms with van der Waals surface area (Å²) in [6.07, 6.45) is 5.85. The molecule has 18 heavy (non-hydrogen) atoms. The van der Waals surface area contributed by atoms with Crippen LogP contribution in [0, 0.1) is 0 Å². The number of nitrogens with one attached hydrogen (secondary N) is 1. The molecule has 2 aliphatic carbocycles. The van der Waals surface area contributed by atoms with Gasteiger partial charge in [0, 0.05) is 19.1 Å². The van der Waals surface area contributed by atoms with Crippen LogP contribution in [-0.4, -0.2) is 34.9 Å². The Balaban J connectivity index is 1.72. The number of nitrogens with two attached hydrogens (primary N) is 1. The maximum atomic E-state index is 12.2. The minimum Gasteiger partial charge on any atom is -0.382 e. The fraction of sp³-hybridized carbons (Fsp3) is 0.667. The maximum Gasteiger partial charge on any atom is 0.267 e. The van der Waals surface area contributed by atoms with E-state index in [2.05, 4.69) is 10.3 Å². The maximum absolute atomic E-state index is 12.2. The Morgan fingerprint density at radius 1 is 1.44 bits per heavy atom. The summed E-state index contributed by atoms with van der Waals surface area (Å²) in [7, 11) is 1.85. The molecule has 2 fully saturated rings. The lowest BCUT2D eigenvalue weighted by atomic mass is 9.93. The summed E-state index contributed by atoms with van der Waals surface area (Å²) in [6.45, 7) is 0. The number of hydrogen-bond acceptors (Lipinski definition) is 5. The molecule has 0 atom stereocenters. The molecule has 5 nitrogen and oxygen atoms in total. The van der Waals surface area contributed by atoms with E-state index in [1.54, 1.807) is 4.90 Å². The van der Waals surface area contributed by atoms with Gasteiger partial charge >= 0.3 is 0 Å². The topological polar surface area (TPSA) is 71.2 Å². The minimum absolute atomic E-state index is 0.00848. The molecule has 0 radical (unpaired) electrons. The van der Waals surface area contributed by atoms with E-state index in [0.717, 1.165) is 18.0 Å². The number of rotatable bonds is 4. The van der Waals surface area contributed by atoms with E-state index in [4.69, 9.17) is 5.73 Å². The summed E-state index contributed by atoms with van der Waals surface area (Å²) >= 11 is 1.38. The molecule has 0 spiro atoms. The molecule has 3 N–H and O–H groups in total. The SMILES string of the molecule is CN(C(=O)c1sc(NC2CCC2)nc1N)C1CC1. The van der Waals surface area contributed by atoms with Crippen molar-refractivity contribution in [3.63, 3.8) is 0 Å². The van der Waals surface area contributed by atoms with Gasteiger partial charge < -0.3 is 16.0 Å². The van der Waals surface area contributed by atoms with Crippen molar-refractivity contribution < 1.29 is 4.79 Å². The predicted molar refractivity (Wildman–Crippen MR) is 72.9 cm³/mol. The largest absolute Gasteiger partial charge is 0.382 e. The normalized spacial score (nSPS) is 19.4. The number of thiazole rings is 1. The zero-order chi connectivity index (χ0) is 12.7. The van der Waals surface area contributed by atoms with Crippen molar-refractivity contribution in [2.45, 2.75) is 44.2 Å². The molecule has 98 valence electrons. The van der Waals surface area contributed by atoms with Gasteiger partial charge in [-0.1, -0.05) is 11.3 Å². The Morgan fingerprint density at radius 3 is 2.72 bits per heavy atom. The molecule has 3 rings (SSSR count). The second-order valence-electron chi connectivity index (χ2n) is 5.15. The van der Waals surface area contributed by atoms with Crippen LogP contribution in [0.4, 0.5) is 10.9 Å². The van der Waals surface area contributed by atoms with Crippen molar-refractivity contribution in [2.24, 2.45) is 0 Å². The number of amides is 1. The van der Waals surface area contributed by atoms with Gasteiger partial charge in [-0.2, -0.15) is 0 Å². The Kier molecular flexibility index (Phi) is 2.89. The van der Waals surface area contributed by atoms with E-state index in [1.165, 1.54) is 30.6 Å². The van der Waals surface area contributed by atoms with Crippen molar-refractivity contribution in [1.82, 2.24) is 9.88 Å². The molecule has 0 bridgehead atoms. The molecule has 1 aromatic heterocycles. The number of hydrogen-bond donors (Lipinski definition) is 2. The molecule has 0 saturated heterocycles. The highest BCUT2D eigenvalue weighted by Crippen LogP contribution is 2.32. The van der Waals surface area contributed by atoms with Crippen LogP contribution in [0.5, 0.6) is 0 Å². The second kappa shape index (κ2) is 4.42. The fourth-order valence-corrected chi connectivity index (χ4v) is 3.01. The number of nitrogens with zero attached hydrogens (tertiary/aromatic N) is 2. The van der Waals surface area contributed by atoms with Crippen LogP contribution >= 0.6 is 11.3 Å². The van der Waals surface area contributed by atoms with E-state index >= 15 is 0 Å². The van der Waals surface area contributed by atoms with Gasteiger partial charge in [0.25, 0.3) is 5.91 Å². The Labute approximate surface area is 110 Å². The summed E-state index contributed by atoms with van der Waals surface area (Å²) in [5.41, 5.74) is 5.85. The monoisotopic (exact) mass is 266 g/mol. The van der Waals surface area contributed by atoms with Crippen LogP contribution in [-0.2, 0) is 0 Å². The molecule has 0 aromatic carbocycles. The lowest BCUT2D eigenvalue weighted by molar-refractivity contribution is 0.0790. The van der Waals surface area contributed by atoms with Crippen molar-refractivity contribution in [3.05, 3.63) is 4.88 Å². The summed E-state index contributed by atoms with van der Waals surface area (Å²) in [5, 5.41) is 4.12. The summed E-state index contributed by atoms with van der Waals surface area (Å²) in [4.78, 5) is 18.8. The Hall–Kier alpha value is -1.30. The highest BCUT2D eigenvalue weighted by Gasteiger charge is 2.32. The zero-order valence-corrected chi connectivity index (χ0v) is 11.3. The first-order valence-corrected chi connectivity index (χ1v) is 7.27. The molecule has 2 saturated carbocycles. The molecule has 1 aromatic rings. The highest BCUT2D eigenvalue weighted by molar-refractivity contribution is 7.18. The number of carbonyl (C=O) groups excluding carboxylic acids is 1. The average molecular weight is 266 g/mol. The van der Waals surface area contributed by atoms with Crippen molar-refractivity contribution in [3.8, 4) is 0 Å². The lowest BCUT2D eigenvalue weighted by Gasteiger charge is -2.25. The van der Waals surface area contributed by atoms with Crippen LogP contribution in [0.3, 0.4) is 0 Å². The molecule has 2 aliphatic rings. The van der Waals surface area contributed by atoms with Gasteiger partial charge in [-0.15, -0.1) is 0 Å². The highest BCUT2D eigenvalue weighted by atomic mass is 32.1. The van der Waals surface area contributed by atoms with Gasteiger partial charge in [0.2, 0.25) is 0 Å². The zero-order valence-electron chi connectivity index (χ0n) is 10.5. The van der Waals surface area contributed by atoms with Gasteiger partial charge in [0.1, 0.15) is 10.7 Å². The van der Waals surface area contributed by atoms with Gasteiger partial charge in [-0.25, -0.2) is 4.98 Å². The quantitative estimate of drug-likeness (QED) is 0.873. The molecule has 6 heteroatoms. The van der Waals surface area contributed by atoms with Crippen molar-refractivity contribution >= 4 is 28.2 Å². The third-order valence-electron chi connectivity index (χ3n) is 3.70. The van der Waals surface area contributed by atoms with Crippen molar-refractivity contribution in [1.29, 1.82) is 0 Å². The first-order chi connectivity index (χ1) is 8.65. The molecular weight excluding hydrogens is 248 g/mol. The van der Waals surface area contributed by atoms with Crippen LogP contribution in [0.1, 0.15) is 41.8 Å².